The molecule has 6 heteroatoms. The van der Waals surface area contributed by atoms with Crippen LogP contribution in [0.5, 0.6) is 17.2 Å². The fourth-order valence-corrected chi connectivity index (χ4v) is 3.61. The number of carbonyl (C=O) groups excluding carboxylic acids is 2. The van der Waals surface area contributed by atoms with Gasteiger partial charge in [0.1, 0.15) is 19.0 Å². The van der Waals surface area contributed by atoms with E-state index in [-0.39, 0.29) is 6.61 Å². The highest BCUT2D eigenvalue weighted by Crippen LogP contribution is 2.29. The first kappa shape index (κ1) is 26.2. The van der Waals surface area contributed by atoms with E-state index in [0.717, 1.165) is 22.3 Å². The van der Waals surface area contributed by atoms with Crippen LogP contribution < -0.4 is 14.2 Å². The fourth-order valence-electron chi connectivity index (χ4n) is 3.61. The summed E-state index contributed by atoms with van der Waals surface area (Å²) in [5.74, 6) is 0.480. The zero-order valence-electron chi connectivity index (χ0n) is 21.3. The van der Waals surface area contributed by atoms with Gasteiger partial charge in [0.25, 0.3) is 0 Å². The quantitative estimate of drug-likeness (QED) is 0.137. The van der Waals surface area contributed by atoms with Crippen LogP contribution in [0.25, 0.3) is 6.08 Å². The Kier molecular flexibility index (Phi) is 8.92. The smallest absolute Gasteiger partial charge is 0.338 e. The fraction of sp³-hybridized carbons (Fsp3) is 0.125. The number of carbonyl (C=O) groups is 2. The van der Waals surface area contributed by atoms with Crippen LogP contribution in [0.3, 0.4) is 0 Å². The SMILES string of the molecule is COc1cc(/C=C/C(=O)Oc2ccc(C(=O)OCc3ccccc3)cc2)ccc1OCc1ccccc1C. The highest BCUT2D eigenvalue weighted by molar-refractivity contribution is 5.90. The van der Waals surface area contributed by atoms with E-state index in [4.69, 9.17) is 18.9 Å². The summed E-state index contributed by atoms with van der Waals surface area (Å²) in [5, 5.41) is 0. The number of methoxy groups -OCH3 is 1. The van der Waals surface area contributed by atoms with Crippen LogP contribution in [0.2, 0.25) is 0 Å². The van der Waals surface area contributed by atoms with E-state index in [2.05, 4.69) is 0 Å². The molecule has 0 aromatic heterocycles. The monoisotopic (exact) mass is 508 g/mol. The summed E-state index contributed by atoms with van der Waals surface area (Å²) in [5.41, 5.74) is 4.27. The van der Waals surface area contributed by atoms with E-state index in [1.54, 1.807) is 49.6 Å². The van der Waals surface area contributed by atoms with E-state index >= 15 is 0 Å². The minimum Gasteiger partial charge on any atom is -0.493 e. The van der Waals surface area contributed by atoms with Gasteiger partial charge in [0.2, 0.25) is 0 Å². The van der Waals surface area contributed by atoms with E-state index in [0.29, 0.717) is 29.4 Å². The Labute approximate surface area is 222 Å². The molecule has 0 fully saturated rings. The van der Waals surface area contributed by atoms with E-state index in [1.807, 2.05) is 67.6 Å². The van der Waals surface area contributed by atoms with Crippen LogP contribution in [-0.4, -0.2) is 19.0 Å². The molecule has 0 N–H and O–H groups in total. The van der Waals surface area contributed by atoms with Gasteiger partial charge in [-0.3, -0.25) is 0 Å². The number of esters is 2. The molecule has 0 amide bonds. The van der Waals surface area contributed by atoms with Crippen molar-refractivity contribution in [2.75, 3.05) is 7.11 Å². The summed E-state index contributed by atoms with van der Waals surface area (Å²) in [6.45, 7) is 2.65. The van der Waals surface area contributed by atoms with Crippen LogP contribution in [0, 0.1) is 6.92 Å². The average Bonchev–Trinajstić information content (AvgIpc) is 2.95. The summed E-state index contributed by atoms with van der Waals surface area (Å²) in [4.78, 5) is 24.6. The van der Waals surface area contributed by atoms with Crippen LogP contribution in [-0.2, 0) is 22.7 Å². The third-order valence-corrected chi connectivity index (χ3v) is 5.77. The third kappa shape index (κ3) is 7.34. The lowest BCUT2D eigenvalue weighted by atomic mass is 10.1. The summed E-state index contributed by atoms with van der Waals surface area (Å²) >= 11 is 0. The number of rotatable bonds is 10. The van der Waals surface area contributed by atoms with Gasteiger partial charge < -0.3 is 18.9 Å². The maximum Gasteiger partial charge on any atom is 0.338 e. The van der Waals surface area contributed by atoms with Gasteiger partial charge in [-0.2, -0.15) is 0 Å². The minimum absolute atomic E-state index is 0.186. The molecule has 0 heterocycles. The molecular weight excluding hydrogens is 480 g/mol. The molecule has 0 unspecified atom stereocenters. The highest BCUT2D eigenvalue weighted by Gasteiger charge is 2.10. The number of benzene rings is 4. The molecule has 4 aromatic rings. The minimum atomic E-state index is -0.553. The van der Waals surface area contributed by atoms with Gasteiger partial charge in [0, 0.05) is 6.08 Å². The van der Waals surface area contributed by atoms with Crippen molar-refractivity contribution in [2.24, 2.45) is 0 Å². The Bertz CT molecular complexity index is 1410. The van der Waals surface area contributed by atoms with Crippen LogP contribution in [0.1, 0.15) is 32.6 Å². The Hall–Kier alpha value is -4.84. The predicted molar refractivity (Wildman–Crippen MR) is 145 cm³/mol. The van der Waals surface area contributed by atoms with Crippen LogP contribution in [0.15, 0.2) is 103 Å². The summed E-state index contributed by atoms with van der Waals surface area (Å²) in [7, 11) is 1.57. The molecule has 0 saturated carbocycles. The van der Waals surface area contributed by atoms with Crippen molar-refractivity contribution in [3.8, 4) is 17.2 Å². The number of aryl methyl sites for hydroxylation is 1. The zero-order chi connectivity index (χ0) is 26.7. The maximum atomic E-state index is 12.3. The molecule has 0 spiro atoms. The second-order valence-corrected chi connectivity index (χ2v) is 8.47. The summed E-state index contributed by atoms with van der Waals surface area (Å²) in [6, 6.07) is 29.1. The molecule has 0 aliphatic heterocycles. The van der Waals surface area contributed by atoms with Gasteiger partial charge in [0.15, 0.2) is 11.5 Å². The van der Waals surface area contributed by atoms with E-state index in [9.17, 15) is 9.59 Å². The second-order valence-electron chi connectivity index (χ2n) is 8.47. The first-order valence-electron chi connectivity index (χ1n) is 12.1. The van der Waals surface area contributed by atoms with Gasteiger partial charge in [0.05, 0.1) is 12.7 Å². The average molecular weight is 509 g/mol. The predicted octanol–water partition coefficient (Wildman–Crippen LogP) is 6.56. The molecule has 4 aromatic carbocycles. The van der Waals surface area contributed by atoms with Gasteiger partial charge in [-0.05, 0) is 71.7 Å². The Morgan fingerprint density at radius 1 is 0.789 bits per heavy atom. The number of ether oxygens (including phenoxy) is 4. The number of hydrogen-bond donors (Lipinski definition) is 0. The van der Waals surface area contributed by atoms with Gasteiger partial charge in [-0.25, -0.2) is 9.59 Å². The van der Waals surface area contributed by atoms with E-state index in [1.165, 1.54) is 6.08 Å². The van der Waals surface area contributed by atoms with Crippen molar-refractivity contribution in [3.05, 3.63) is 131 Å². The second kappa shape index (κ2) is 12.9. The molecule has 6 nitrogen and oxygen atoms in total. The van der Waals surface area contributed by atoms with Crippen molar-refractivity contribution in [1.29, 1.82) is 0 Å². The molecule has 0 saturated heterocycles. The lowest BCUT2D eigenvalue weighted by molar-refractivity contribution is -0.128. The summed E-state index contributed by atoms with van der Waals surface area (Å²) in [6.07, 6.45) is 2.95. The van der Waals surface area contributed by atoms with Crippen molar-refractivity contribution < 1.29 is 28.5 Å². The highest BCUT2D eigenvalue weighted by atomic mass is 16.5. The lowest BCUT2D eigenvalue weighted by Gasteiger charge is -2.12. The van der Waals surface area contributed by atoms with Crippen molar-refractivity contribution >= 4 is 18.0 Å². The molecule has 38 heavy (non-hydrogen) atoms. The first-order chi connectivity index (χ1) is 18.5. The largest absolute Gasteiger partial charge is 0.493 e. The lowest BCUT2D eigenvalue weighted by Crippen LogP contribution is -2.06. The first-order valence-corrected chi connectivity index (χ1v) is 12.1. The van der Waals surface area contributed by atoms with Gasteiger partial charge >= 0.3 is 11.9 Å². The van der Waals surface area contributed by atoms with Crippen LogP contribution in [0.4, 0.5) is 0 Å². The maximum absolute atomic E-state index is 12.3. The molecule has 0 radical (unpaired) electrons. The van der Waals surface area contributed by atoms with Crippen LogP contribution >= 0.6 is 0 Å². The normalized spacial score (nSPS) is 10.7. The molecule has 0 atom stereocenters. The van der Waals surface area contributed by atoms with E-state index < -0.39 is 11.9 Å². The molecule has 192 valence electrons. The van der Waals surface area contributed by atoms with Crippen molar-refractivity contribution in [2.45, 2.75) is 20.1 Å². The molecule has 0 bridgehead atoms. The molecule has 0 aliphatic rings. The van der Waals surface area contributed by atoms with Gasteiger partial charge in [-0.15, -0.1) is 0 Å². The van der Waals surface area contributed by atoms with Crippen molar-refractivity contribution in [3.63, 3.8) is 0 Å². The standard InChI is InChI=1S/C32H28O6/c1-23-8-6-7-11-27(23)22-36-29-18-12-24(20-30(29)35-2)13-19-31(33)38-28-16-14-26(15-17-28)32(34)37-21-25-9-4-3-5-10-25/h3-20H,21-22H2,1-2H3/b19-13+. The topological polar surface area (TPSA) is 71.1 Å². The molecule has 0 aliphatic carbocycles. The number of hydrogen-bond acceptors (Lipinski definition) is 6. The zero-order valence-corrected chi connectivity index (χ0v) is 21.3. The van der Waals surface area contributed by atoms with Crippen molar-refractivity contribution in [1.82, 2.24) is 0 Å². The Balaban J connectivity index is 1.30. The molecule has 4 rings (SSSR count). The Morgan fingerprint density at radius 3 is 2.26 bits per heavy atom. The Morgan fingerprint density at radius 2 is 1.53 bits per heavy atom. The van der Waals surface area contributed by atoms with Gasteiger partial charge in [-0.1, -0.05) is 60.7 Å². The molecular formula is C32H28O6. The summed E-state index contributed by atoms with van der Waals surface area (Å²) < 4.78 is 22.1. The third-order valence-electron chi connectivity index (χ3n) is 5.77.